The van der Waals surface area contributed by atoms with Crippen LogP contribution < -0.4 is 10.2 Å². The Morgan fingerprint density at radius 1 is 1.56 bits per heavy atom. The maximum absolute atomic E-state index is 13.0. The SMILES string of the molecule is CNCC(=O)N1CCc2ccc(F)cc21.Cl. The monoisotopic (exact) mass is 244 g/mol. The van der Waals surface area contributed by atoms with Gasteiger partial charge in [-0.2, -0.15) is 0 Å². The van der Waals surface area contributed by atoms with E-state index in [0.717, 1.165) is 17.7 Å². The summed E-state index contributed by atoms with van der Waals surface area (Å²) < 4.78 is 13.0. The Hall–Kier alpha value is -1.13. The van der Waals surface area contributed by atoms with Crippen molar-refractivity contribution in [2.45, 2.75) is 6.42 Å². The molecule has 1 aliphatic heterocycles. The van der Waals surface area contributed by atoms with Gasteiger partial charge in [0.05, 0.1) is 6.54 Å². The van der Waals surface area contributed by atoms with E-state index in [1.165, 1.54) is 12.1 Å². The molecule has 0 aliphatic carbocycles. The first-order valence-electron chi connectivity index (χ1n) is 4.96. The van der Waals surface area contributed by atoms with E-state index in [1.54, 1.807) is 18.0 Å². The average molecular weight is 245 g/mol. The first kappa shape index (κ1) is 12.9. The van der Waals surface area contributed by atoms with Gasteiger partial charge in [0.2, 0.25) is 5.91 Å². The van der Waals surface area contributed by atoms with Gasteiger partial charge in [0, 0.05) is 12.2 Å². The predicted molar refractivity (Wildman–Crippen MR) is 63.6 cm³/mol. The van der Waals surface area contributed by atoms with Crippen molar-refractivity contribution in [1.29, 1.82) is 0 Å². The Morgan fingerprint density at radius 2 is 2.31 bits per heavy atom. The number of fused-ring (bicyclic) bond motifs is 1. The molecule has 16 heavy (non-hydrogen) atoms. The molecule has 0 radical (unpaired) electrons. The lowest BCUT2D eigenvalue weighted by atomic mass is 10.2. The molecule has 1 amide bonds. The van der Waals surface area contributed by atoms with E-state index in [4.69, 9.17) is 0 Å². The molecule has 3 nitrogen and oxygen atoms in total. The molecule has 0 saturated carbocycles. The fraction of sp³-hybridized carbons (Fsp3) is 0.364. The van der Waals surface area contributed by atoms with Gasteiger partial charge in [-0.25, -0.2) is 4.39 Å². The van der Waals surface area contributed by atoms with Crippen molar-refractivity contribution in [2.75, 3.05) is 25.0 Å². The summed E-state index contributed by atoms with van der Waals surface area (Å²) in [4.78, 5) is 13.3. The molecule has 1 aromatic rings. The van der Waals surface area contributed by atoms with Gasteiger partial charge in [-0.15, -0.1) is 12.4 Å². The standard InChI is InChI=1S/C11H13FN2O.ClH/c1-13-7-11(15)14-5-4-8-2-3-9(12)6-10(8)14;/h2-3,6,13H,4-5,7H2,1H3;1H. The second kappa shape index (κ2) is 5.27. The van der Waals surface area contributed by atoms with E-state index in [0.29, 0.717) is 6.54 Å². The Kier molecular flexibility index (Phi) is 4.26. The molecule has 0 unspecified atom stereocenters. The molecular weight excluding hydrogens is 231 g/mol. The van der Waals surface area contributed by atoms with Gasteiger partial charge in [-0.05, 0) is 31.2 Å². The molecule has 0 spiro atoms. The van der Waals surface area contributed by atoms with E-state index in [1.807, 2.05) is 0 Å². The highest BCUT2D eigenvalue weighted by Gasteiger charge is 2.24. The topological polar surface area (TPSA) is 32.3 Å². The van der Waals surface area contributed by atoms with Crippen molar-refractivity contribution in [3.8, 4) is 0 Å². The molecule has 1 aliphatic rings. The molecular formula is C11H14ClFN2O. The number of halogens is 2. The number of likely N-dealkylation sites (N-methyl/N-ethyl adjacent to an activating group) is 1. The molecule has 1 heterocycles. The molecule has 0 saturated heterocycles. The third-order valence-corrected chi connectivity index (χ3v) is 2.57. The maximum Gasteiger partial charge on any atom is 0.240 e. The molecule has 0 bridgehead atoms. The number of carbonyl (C=O) groups excluding carboxylic acids is 1. The highest BCUT2D eigenvalue weighted by molar-refractivity contribution is 5.96. The van der Waals surface area contributed by atoms with Crippen LogP contribution in [0.4, 0.5) is 10.1 Å². The van der Waals surface area contributed by atoms with Crippen LogP contribution in [0.5, 0.6) is 0 Å². The van der Waals surface area contributed by atoms with E-state index in [9.17, 15) is 9.18 Å². The summed E-state index contributed by atoms with van der Waals surface area (Å²) in [7, 11) is 1.72. The average Bonchev–Trinajstić information content (AvgIpc) is 2.60. The van der Waals surface area contributed by atoms with Crippen molar-refractivity contribution in [1.82, 2.24) is 5.32 Å². The Morgan fingerprint density at radius 3 is 3.00 bits per heavy atom. The molecule has 2 rings (SSSR count). The minimum Gasteiger partial charge on any atom is -0.311 e. The van der Waals surface area contributed by atoms with Crippen LogP contribution in [0.3, 0.4) is 0 Å². The van der Waals surface area contributed by atoms with Crippen molar-refractivity contribution in [3.05, 3.63) is 29.6 Å². The quantitative estimate of drug-likeness (QED) is 0.852. The van der Waals surface area contributed by atoms with Crippen LogP contribution in [-0.2, 0) is 11.2 Å². The predicted octanol–water partition coefficient (Wildman–Crippen LogP) is 1.36. The van der Waals surface area contributed by atoms with Gasteiger partial charge in [0.25, 0.3) is 0 Å². The fourth-order valence-electron chi connectivity index (χ4n) is 1.86. The van der Waals surface area contributed by atoms with Crippen LogP contribution in [0.2, 0.25) is 0 Å². The molecule has 1 N–H and O–H groups in total. The lowest BCUT2D eigenvalue weighted by Crippen LogP contribution is -2.35. The van der Waals surface area contributed by atoms with Crippen LogP contribution >= 0.6 is 12.4 Å². The summed E-state index contributed by atoms with van der Waals surface area (Å²) in [5, 5.41) is 2.80. The number of nitrogens with one attached hydrogen (secondary N) is 1. The van der Waals surface area contributed by atoms with Gasteiger partial charge in [0.15, 0.2) is 0 Å². The summed E-state index contributed by atoms with van der Waals surface area (Å²) in [5.41, 5.74) is 1.76. The van der Waals surface area contributed by atoms with E-state index >= 15 is 0 Å². The second-order valence-corrected chi connectivity index (χ2v) is 3.60. The lowest BCUT2D eigenvalue weighted by molar-refractivity contribution is -0.117. The van der Waals surface area contributed by atoms with Crippen LogP contribution in [0, 0.1) is 5.82 Å². The number of anilines is 1. The minimum absolute atomic E-state index is 0. The first-order valence-corrected chi connectivity index (χ1v) is 4.96. The third kappa shape index (κ3) is 2.33. The van der Waals surface area contributed by atoms with Crippen molar-refractivity contribution in [2.24, 2.45) is 0 Å². The number of hydrogen-bond donors (Lipinski definition) is 1. The zero-order valence-electron chi connectivity index (χ0n) is 9.00. The summed E-state index contributed by atoms with van der Waals surface area (Å²) in [6.07, 6.45) is 0.811. The van der Waals surface area contributed by atoms with Gasteiger partial charge >= 0.3 is 0 Å². The van der Waals surface area contributed by atoms with Crippen LogP contribution in [0.1, 0.15) is 5.56 Å². The molecule has 0 atom stereocenters. The number of amides is 1. The van der Waals surface area contributed by atoms with E-state index in [2.05, 4.69) is 5.32 Å². The Bertz CT molecular complexity index is 398. The second-order valence-electron chi connectivity index (χ2n) is 3.60. The third-order valence-electron chi connectivity index (χ3n) is 2.57. The molecule has 0 aromatic heterocycles. The van der Waals surface area contributed by atoms with Gasteiger partial charge in [-0.3, -0.25) is 4.79 Å². The summed E-state index contributed by atoms with van der Waals surface area (Å²) in [6.45, 7) is 0.940. The van der Waals surface area contributed by atoms with Crippen LogP contribution in [0.15, 0.2) is 18.2 Å². The van der Waals surface area contributed by atoms with Crippen LogP contribution in [0.25, 0.3) is 0 Å². The number of hydrogen-bond acceptors (Lipinski definition) is 2. The number of rotatable bonds is 2. The van der Waals surface area contributed by atoms with E-state index in [-0.39, 0.29) is 30.7 Å². The van der Waals surface area contributed by atoms with Crippen LogP contribution in [-0.4, -0.2) is 26.0 Å². The largest absolute Gasteiger partial charge is 0.311 e. The zero-order valence-corrected chi connectivity index (χ0v) is 9.81. The fourth-order valence-corrected chi connectivity index (χ4v) is 1.86. The summed E-state index contributed by atoms with van der Waals surface area (Å²) >= 11 is 0. The van der Waals surface area contributed by atoms with Gasteiger partial charge in [0.1, 0.15) is 5.82 Å². The van der Waals surface area contributed by atoms with Crippen molar-refractivity contribution in [3.63, 3.8) is 0 Å². The number of carbonyl (C=O) groups is 1. The number of benzene rings is 1. The molecule has 88 valence electrons. The smallest absolute Gasteiger partial charge is 0.240 e. The Balaban J connectivity index is 0.00000128. The van der Waals surface area contributed by atoms with Crippen molar-refractivity contribution >= 4 is 24.0 Å². The maximum atomic E-state index is 13.0. The molecule has 0 fully saturated rings. The zero-order chi connectivity index (χ0) is 10.8. The highest BCUT2D eigenvalue weighted by atomic mass is 35.5. The Labute approximate surface area is 100 Å². The molecule has 5 heteroatoms. The summed E-state index contributed by atoms with van der Waals surface area (Å²) in [6, 6.07) is 4.61. The normalized spacial score (nSPS) is 13.2. The number of nitrogens with zero attached hydrogens (tertiary/aromatic N) is 1. The minimum atomic E-state index is -0.294. The highest BCUT2D eigenvalue weighted by Crippen LogP contribution is 2.28. The first-order chi connectivity index (χ1) is 7.22. The summed E-state index contributed by atoms with van der Waals surface area (Å²) in [5.74, 6) is -0.306. The van der Waals surface area contributed by atoms with Crippen molar-refractivity contribution < 1.29 is 9.18 Å². The van der Waals surface area contributed by atoms with E-state index < -0.39 is 0 Å². The lowest BCUT2D eigenvalue weighted by Gasteiger charge is -2.16. The van der Waals surface area contributed by atoms with Gasteiger partial charge in [-0.1, -0.05) is 6.07 Å². The van der Waals surface area contributed by atoms with Gasteiger partial charge < -0.3 is 10.2 Å². The molecule has 1 aromatic carbocycles.